The molecule has 1 aromatic carbocycles. The summed E-state index contributed by atoms with van der Waals surface area (Å²) in [6.45, 7) is 8.37. The van der Waals surface area contributed by atoms with E-state index in [1.165, 1.54) is 0 Å². The number of carbonyl (C=O) groups excluding carboxylic acids is 1. The predicted molar refractivity (Wildman–Crippen MR) is 144 cm³/mol. The van der Waals surface area contributed by atoms with Crippen LogP contribution in [0.2, 0.25) is 0 Å². The van der Waals surface area contributed by atoms with Crippen molar-refractivity contribution in [2.24, 2.45) is 10.7 Å². The molecule has 0 spiro atoms. The largest absolute Gasteiger partial charge is 0.386 e. The molecule has 34 heavy (non-hydrogen) atoms. The van der Waals surface area contributed by atoms with E-state index >= 15 is 0 Å². The van der Waals surface area contributed by atoms with Gasteiger partial charge in [-0.3, -0.25) is 9.79 Å². The lowest BCUT2D eigenvalue weighted by molar-refractivity contribution is 0.0901. The van der Waals surface area contributed by atoms with Crippen molar-refractivity contribution in [2.45, 2.75) is 77.4 Å². The fourth-order valence-electron chi connectivity index (χ4n) is 3.91. The number of aromatic nitrogens is 2. The molecule has 1 aromatic heterocycles. The molecule has 1 amide bonds. The van der Waals surface area contributed by atoms with E-state index in [0.29, 0.717) is 18.3 Å². The molecule has 4 N–H and O–H groups in total. The van der Waals surface area contributed by atoms with Gasteiger partial charge in [-0.25, -0.2) is 9.97 Å². The summed E-state index contributed by atoms with van der Waals surface area (Å²) in [5.74, 6) is 1.05. The second kappa shape index (κ2) is 13.1. The molecule has 1 aliphatic carbocycles. The van der Waals surface area contributed by atoms with Gasteiger partial charge in [0.1, 0.15) is 18.3 Å². The number of nitrogens with two attached hydrogens (primary N) is 1. The van der Waals surface area contributed by atoms with Crippen LogP contribution in [0.25, 0.3) is 10.9 Å². The number of ether oxygens (including phenoxy) is 1. The van der Waals surface area contributed by atoms with Gasteiger partial charge in [0.2, 0.25) is 5.82 Å². The lowest BCUT2D eigenvalue weighted by atomic mass is 9.90. The molecule has 0 radical (unpaired) electrons. The zero-order valence-electron chi connectivity index (χ0n) is 20.7. The van der Waals surface area contributed by atoms with Gasteiger partial charge >= 0.3 is 0 Å². The summed E-state index contributed by atoms with van der Waals surface area (Å²) >= 11 is 0. The SMILES string of the molecule is CCC(C)(C)NC(=O)c1nc(N[C@H]2CCCC[C@H]2N=C(N)COC)c2cc(C)ccc2n1.Cl.Cl. The maximum atomic E-state index is 12.9. The number of hydrogen-bond donors (Lipinski definition) is 3. The first kappa shape index (κ1) is 29.9. The number of hydrogen-bond acceptors (Lipinski definition) is 6. The van der Waals surface area contributed by atoms with Crippen molar-refractivity contribution in [2.75, 3.05) is 19.0 Å². The number of anilines is 1. The number of nitrogens with zero attached hydrogens (tertiary/aromatic N) is 3. The van der Waals surface area contributed by atoms with Crippen LogP contribution in [0.1, 0.15) is 69.1 Å². The summed E-state index contributed by atoms with van der Waals surface area (Å²) in [5, 5.41) is 7.52. The number of aliphatic imine (C=N–C) groups is 1. The third-order valence-electron chi connectivity index (χ3n) is 6.07. The maximum Gasteiger partial charge on any atom is 0.289 e. The Balaban J connectivity index is 0.00000289. The lowest BCUT2D eigenvalue weighted by Crippen LogP contribution is -2.43. The topological polar surface area (TPSA) is 115 Å². The Morgan fingerprint density at radius 2 is 1.94 bits per heavy atom. The second-order valence-electron chi connectivity index (χ2n) is 9.26. The maximum absolute atomic E-state index is 12.9. The molecule has 0 bridgehead atoms. The molecular weight excluding hydrogens is 475 g/mol. The monoisotopic (exact) mass is 512 g/mol. The summed E-state index contributed by atoms with van der Waals surface area (Å²) in [6, 6.07) is 6.09. The fraction of sp³-hybridized carbons (Fsp3) is 0.583. The van der Waals surface area contributed by atoms with Crippen LogP contribution in [0.5, 0.6) is 0 Å². The molecule has 10 heteroatoms. The first-order valence-corrected chi connectivity index (χ1v) is 11.4. The number of carbonyl (C=O) groups is 1. The van der Waals surface area contributed by atoms with E-state index in [2.05, 4.69) is 26.7 Å². The third kappa shape index (κ3) is 7.68. The van der Waals surface area contributed by atoms with Gasteiger partial charge in [0.25, 0.3) is 5.91 Å². The summed E-state index contributed by atoms with van der Waals surface area (Å²) in [5.41, 5.74) is 7.55. The minimum atomic E-state index is -0.335. The molecule has 8 nitrogen and oxygen atoms in total. The van der Waals surface area contributed by atoms with E-state index < -0.39 is 0 Å². The van der Waals surface area contributed by atoms with Crippen molar-refractivity contribution in [3.05, 3.63) is 29.6 Å². The van der Waals surface area contributed by atoms with Crippen molar-refractivity contribution < 1.29 is 9.53 Å². The van der Waals surface area contributed by atoms with E-state index in [0.717, 1.165) is 48.6 Å². The average Bonchev–Trinajstić information content (AvgIpc) is 2.75. The highest BCUT2D eigenvalue weighted by Gasteiger charge is 2.27. The quantitative estimate of drug-likeness (QED) is 0.356. The molecule has 0 saturated heterocycles. The van der Waals surface area contributed by atoms with Crippen molar-refractivity contribution in [3.8, 4) is 0 Å². The van der Waals surface area contributed by atoms with Crippen LogP contribution < -0.4 is 16.4 Å². The Morgan fingerprint density at radius 3 is 2.62 bits per heavy atom. The number of benzene rings is 1. The highest BCUT2D eigenvalue weighted by Crippen LogP contribution is 2.28. The normalized spacial score (nSPS) is 18.6. The number of amides is 1. The molecule has 0 aliphatic heterocycles. The first-order chi connectivity index (χ1) is 15.2. The molecule has 0 unspecified atom stereocenters. The van der Waals surface area contributed by atoms with E-state index in [9.17, 15) is 4.79 Å². The highest BCUT2D eigenvalue weighted by molar-refractivity contribution is 5.97. The summed E-state index contributed by atoms with van der Waals surface area (Å²) < 4.78 is 5.12. The highest BCUT2D eigenvalue weighted by atomic mass is 35.5. The minimum absolute atomic E-state index is 0. The third-order valence-corrected chi connectivity index (χ3v) is 6.07. The van der Waals surface area contributed by atoms with E-state index in [1.54, 1.807) is 7.11 Å². The standard InChI is InChI=1S/C24H36N6O2.2ClH/c1-6-24(3,4)30-23(31)22-27-17-12-11-15(2)13-16(17)21(29-22)28-19-10-8-7-9-18(19)26-20(25)14-32-5;;/h11-13,18-19H,6-10,14H2,1-5H3,(H2,25,26)(H,30,31)(H,27,28,29);2*1H/t18-,19+;;/m1../s1. The molecule has 1 aliphatic rings. The van der Waals surface area contributed by atoms with Crippen molar-refractivity contribution in [3.63, 3.8) is 0 Å². The second-order valence-corrected chi connectivity index (χ2v) is 9.26. The molecule has 190 valence electrons. The zero-order chi connectivity index (χ0) is 23.3. The van der Waals surface area contributed by atoms with Gasteiger partial charge in [0, 0.05) is 24.1 Å². The van der Waals surface area contributed by atoms with Crippen molar-refractivity contribution in [1.82, 2.24) is 15.3 Å². The summed E-state index contributed by atoms with van der Waals surface area (Å²) in [6.07, 6.45) is 4.92. The minimum Gasteiger partial charge on any atom is -0.386 e. The Morgan fingerprint density at radius 1 is 1.24 bits per heavy atom. The van der Waals surface area contributed by atoms with E-state index in [4.69, 9.17) is 15.5 Å². The average molecular weight is 514 g/mol. The van der Waals surface area contributed by atoms with Crippen LogP contribution in [-0.4, -0.2) is 53.1 Å². The van der Waals surface area contributed by atoms with Crippen LogP contribution in [-0.2, 0) is 4.74 Å². The smallest absolute Gasteiger partial charge is 0.289 e. The van der Waals surface area contributed by atoms with Crippen molar-refractivity contribution in [1.29, 1.82) is 0 Å². The van der Waals surface area contributed by atoms with Gasteiger partial charge in [0.15, 0.2) is 0 Å². The Labute approximate surface area is 214 Å². The van der Waals surface area contributed by atoms with Gasteiger partial charge in [-0.15, -0.1) is 24.8 Å². The van der Waals surface area contributed by atoms with Crippen molar-refractivity contribution >= 4 is 53.3 Å². The van der Waals surface area contributed by atoms with Crippen LogP contribution in [0.3, 0.4) is 0 Å². The van der Waals surface area contributed by atoms with Crippen LogP contribution >= 0.6 is 24.8 Å². The van der Waals surface area contributed by atoms with E-state index in [-0.39, 0.29) is 54.2 Å². The molecule has 2 aromatic rings. The predicted octanol–water partition coefficient (Wildman–Crippen LogP) is 4.43. The number of methoxy groups -OCH3 is 1. The molecule has 3 rings (SSSR count). The summed E-state index contributed by atoms with van der Waals surface area (Å²) in [7, 11) is 1.61. The molecule has 1 fully saturated rings. The number of fused-ring (bicyclic) bond motifs is 1. The van der Waals surface area contributed by atoms with Gasteiger partial charge in [-0.05, 0) is 52.2 Å². The Bertz CT molecular complexity index is 999. The van der Waals surface area contributed by atoms with Crippen LogP contribution in [0.4, 0.5) is 5.82 Å². The Hall–Kier alpha value is -2.16. The fourth-order valence-corrected chi connectivity index (χ4v) is 3.91. The zero-order valence-corrected chi connectivity index (χ0v) is 22.3. The number of rotatable bonds is 8. The van der Waals surface area contributed by atoms with Gasteiger partial charge in [0.05, 0.1) is 11.6 Å². The summed E-state index contributed by atoms with van der Waals surface area (Å²) in [4.78, 5) is 26.9. The Kier molecular flexibility index (Phi) is 11.5. The molecule has 2 atom stereocenters. The van der Waals surface area contributed by atoms with Crippen LogP contribution in [0.15, 0.2) is 23.2 Å². The molecular formula is C24H38Cl2N6O2. The number of amidine groups is 1. The van der Waals surface area contributed by atoms with Gasteiger partial charge in [-0.1, -0.05) is 31.4 Å². The number of halogens is 2. The first-order valence-electron chi connectivity index (χ1n) is 11.4. The van der Waals surface area contributed by atoms with Gasteiger partial charge in [-0.2, -0.15) is 0 Å². The van der Waals surface area contributed by atoms with Gasteiger partial charge < -0.3 is 21.1 Å². The lowest BCUT2D eigenvalue weighted by Gasteiger charge is -2.31. The molecule has 1 heterocycles. The van der Waals surface area contributed by atoms with Crippen LogP contribution in [0, 0.1) is 6.92 Å². The number of aryl methyl sites for hydroxylation is 1. The number of nitrogens with one attached hydrogen (secondary N) is 2. The molecule has 1 saturated carbocycles. The van der Waals surface area contributed by atoms with E-state index in [1.807, 2.05) is 39.8 Å².